The molecule has 1 amide bonds. The Kier molecular flexibility index (Phi) is 7.38. The van der Waals surface area contributed by atoms with Crippen LogP contribution in [0.2, 0.25) is 10.0 Å². The Labute approximate surface area is 219 Å². The molecular formula is C26H18Cl2F3N3O3. The largest absolute Gasteiger partial charge is 0.480 e. The molecule has 2 aromatic heterocycles. The van der Waals surface area contributed by atoms with E-state index in [1.54, 1.807) is 18.2 Å². The monoisotopic (exact) mass is 547 g/mol. The molecule has 0 bridgehead atoms. The Morgan fingerprint density at radius 2 is 1.70 bits per heavy atom. The van der Waals surface area contributed by atoms with Gasteiger partial charge in [0, 0.05) is 29.8 Å². The molecule has 0 saturated carbocycles. The summed E-state index contributed by atoms with van der Waals surface area (Å²) in [6.45, 7) is 1.35. The van der Waals surface area contributed by atoms with Crippen molar-refractivity contribution >= 4 is 46.0 Å². The van der Waals surface area contributed by atoms with E-state index in [2.05, 4.69) is 15.3 Å². The van der Waals surface area contributed by atoms with E-state index < -0.39 is 29.7 Å². The van der Waals surface area contributed by atoms with Gasteiger partial charge in [-0.05, 0) is 42.3 Å². The standard InChI is InChI=1S/C26H18Cl2F3N3O3/c1-13-9-11-33-23(21(13)26(29,30)31)16-8-7-14(15-4-3-10-32-22(15)16)12-19(25(36)37)34-24(35)20-17(27)5-2-6-18(20)28/h2-11,19H,12H2,1H3,(H,34,35)(H,36,37)/t19-/m0/s1. The van der Waals surface area contributed by atoms with Gasteiger partial charge in [-0.15, -0.1) is 0 Å². The van der Waals surface area contributed by atoms with Crippen LogP contribution in [0, 0.1) is 6.92 Å². The number of pyridine rings is 2. The maximum atomic E-state index is 13.9. The lowest BCUT2D eigenvalue weighted by molar-refractivity contribution is -0.139. The second-order valence-electron chi connectivity index (χ2n) is 8.19. The average Bonchev–Trinajstić information content (AvgIpc) is 2.82. The molecule has 0 saturated heterocycles. The van der Waals surface area contributed by atoms with Crippen LogP contribution in [0.3, 0.4) is 0 Å². The number of carbonyl (C=O) groups is 2. The number of nitrogens with one attached hydrogen (secondary N) is 1. The first-order valence-corrected chi connectivity index (χ1v) is 11.6. The molecule has 4 rings (SSSR count). The van der Waals surface area contributed by atoms with Gasteiger partial charge in [0.05, 0.1) is 32.4 Å². The fraction of sp³-hybridized carbons (Fsp3) is 0.154. The van der Waals surface area contributed by atoms with Crippen molar-refractivity contribution in [3.05, 3.63) is 93.2 Å². The van der Waals surface area contributed by atoms with E-state index in [0.29, 0.717) is 10.9 Å². The lowest BCUT2D eigenvalue weighted by Crippen LogP contribution is -2.42. The number of carboxylic acid groups (broad SMARTS) is 1. The molecule has 37 heavy (non-hydrogen) atoms. The lowest BCUT2D eigenvalue weighted by atomic mass is 9.94. The number of amides is 1. The van der Waals surface area contributed by atoms with Gasteiger partial charge in [-0.25, -0.2) is 4.79 Å². The van der Waals surface area contributed by atoms with Gasteiger partial charge in [-0.3, -0.25) is 14.8 Å². The lowest BCUT2D eigenvalue weighted by Gasteiger charge is -2.19. The number of fused-ring (bicyclic) bond motifs is 1. The van der Waals surface area contributed by atoms with E-state index in [1.807, 2.05) is 0 Å². The van der Waals surface area contributed by atoms with Gasteiger partial charge in [-0.1, -0.05) is 47.5 Å². The molecular weight excluding hydrogens is 530 g/mol. The number of hydrogen-bond acceptors (Lipinski definition) is 4. The summed E-state index contributed by atoms with van der Waals surface area (Å²) >= 11 is 12.1. The van der Waals surface area contributed by atoms with Crippen LogP contribution in [0.1, 0.15) is 27.0 Å². The maximum Gasteiger partial charge on any atom is 0.418 e. The fourth-order valence-corrected chi connectivity index (χ4v) is 4.66. The zero-order valence-electron chi connectivity index (χ0n) is 19.1. The van der Waals surface area contributed by atoms with Crippen LogP contribution < -0.4 is 5.32 Å². The van der Waals surface area contributed by atoms with Crippen LogP contribution in [0.15, 0.2) is 60.9 Å². The molecule has 190 valence electrons. The van der Waals surface area contributed by atoms with E-state index in [9.17, 15) is 27.9 Å². The van der Waals surface area contributed by atoms with Crippen molar-refractivity contribution in [1.82, 2.24) is 15.3 Å². The van der Waals surface area contributed by atoms with Gasteiger partial charge in [0.15, 0.2) is 0 Å². The maximum absolute atomic E-state index is 13.9. The number of halogens is 5. The van der Waals surface area contributed by atoms with Crippen molar-refractivity contribution in [2.45, 2.75) is 25.6 Å². The summed E-state index contributed by atoms with van der Waals surface area (Å²) in [5.74, 6) is -2.10. The number of carbonyl (C=O) groups excluding carboxylic acids is 1. The minimum absolute atomic E-state index is 0.0116. The summed E-state index contributed by atoms with van der Waals surface area (Å²) in [5, 5.41) is 12.8. The number of aromatic nitrogens is 2. The Hall–Kier alpha value is -3.69. The van der Waals surface area contributed by atoms with E-state index >= 15 is 0 Å². The molecule has 0 aliphatic rings. The summed E-state index contributed by atoms with van der Waals surface area (Å²) in [6.07, 6.45) is -2.11. The Morgan fingerprint density at radius 3 is 2.35 bits per heavy atom. The zero-order chi connectivity index (χ0) is 26.9. The third-order valence-corrected chi connectivity index (χ3v) is 6.41. The molecule has 0 aliphatic carbocycles. The third-order valence-electron chi connectivity index (χ3n) is 5.78. The molecule has 0 aliphatic heterocycles. The number of alkyl halides is 3. The molecule has 2 N–H and O–H groups in total. The van der Waals surface area contributed by atoms with E-state index in [4.69, 9.17) is 23.2 Å². The number of aliphatic carboxylic acids is 1. The first-order valence-electron chi connectivity index (χ1n) is 10.9. The van der Waals surface area contributed by atoms with Crippen LogP contribution in [0.5, 0.6) is 0 Å². The number of aryl methyl sites for hydroxylation is 1. The fourth-order valence-electron chi connectivity index (χ4n) is 4.09. The minimum atomic E-state index is -4.65. The van der Waals surface area contributed by atoms with Crippen molar-refractivity contribution < 1.29 is 27.9 Å². The Balaban J connectivity index is 1.76. The second-order valence-corrected chi connectivity index (χ2v) is 9.00. The molecule has 0 radical (unpaired) electrons. The highest BCUT2D eigenvalue weighted by atomic mass is 35.5. The first-order chi connectivity index (χ1) is 17.5. The Morgan fingerprint density at radius 1 is 1.00 bits per heavy atom. The number of benzene rings is 2. The summed E-state index contributed by atoms with van der Waals surface area (Å²) in [4.78, 5) is 33.1. The number of hydrogen-bond donors (Lipinski definition) is 2. The topological polar surface area (TPSA) is 92.2 Å². The molecule has 2 heterocycles. The molecule has 0 fully saturated rings. The van der Waals surface area contributed by atoms with Crippen LogP contribution in [0.4, 0.5) is 13.2 Å². The van der Waals surface area contributed by atoms with Crippen molar-refractivity contribution in [2.75, 3.05) is 0 Å². The molecule has 2 aromatic carbocycles. The van der Waals surface area contributed by atoms with E-state index in [-0.39, 0.29) is 44.4 Å². The van der Waals surface area contributed by atoms with Gasteiger partial charge < -0.3 is 10.4 Å². The SMILES string of the molecule is Cc1ccnc(-c2ccc(C[C@H](NC(=O)c3c(Cl)cccc3Cl)C(=O)O)c3cccnc23)c1C(F)(F)F. The number of rotatable bonds is 6. The van der Waals surface area contributed by atoms with Gasteiger partial charge in [-0.2, -0.15) is 13.2 Å². The average molecular weight is 548 g/mol. The molecule has 6 nitrogen and oxygen atoms in total. The van der Waals surface area contributed by atoms with Crippen molar-refractivity contribution in [3.8, 4) is 11.3 Å². The molecule has 0 spiro atoms. The Bertz CT molecular complexity index is 1510. The highest BCUT2D eigenvalue weighted by molar-refractivity contribution is 6.39. The van der Waals surface area contributed by atoms with Gasteiger partial charge in [0.2, 0.25) is 0 Å². The van der Waals surface area contributed by atoms with Crippen LogP contribution >= 0.6 is 23.2 Å². The highest BCUT2D eigenvalue weighted by Gasteiger charge is 2.37. The second kappa shape index (κ2) is 10.4. The minimum Gasteiger partial charge on any atom is -0.480 e. The highest BCUT2D eigenvalue weighted by Crippen LogP contribution is 2.40. The molecule has 0 unspecified atom stereocenters. The smallest absolute Gasteiger partial charge is 0.418 e. The zero-order valence-corrected chi connectivity index (χ0v) is 20.6. The van der Waals surface area contributed by atoms with Crippen LogP contribution in [0.25, 0.3) is 22.2 Å². The van der Waals surface area contributed by atoms with Crippen molar-refractivity contribution in [2.24, 2.45) is 0 Å². The normalized spacial score (nSPS) is 12.4. The molecule has 1 atom stereocenters. The third kappa shape index (κ3) is 5.38. The predicted molar refractivity (Wildman–Crippen MR) is 134 cm³/mol. The summed E-state index contributed by atoms with van der Waals surface area (Å²) in [6, 6.07) is 10.5. The van der Waals surface area contributed by atoms with Gasteiger partial charge >= 0.3 is 12.1 Å². The van der Waals surface area contributed by atoms with Crippen LogP contribution in [-0.2, 0) is 17.4 Å². The molecule has 11 heteroatoms. The van der Waals surface area contributed by atoms with Crippen molar-refractivity contribution in [3.63, 3.8) is 0 Å². The summed E-state index contributed by atoms with van der Waals surface area (Å²) in [7, 11) is 0. The molecule has 4 aromatic rings. The van der Waals surface area contributed by atoms with Crippen LogP contribution in [-0.4, -0.2) is 33.0 Å². The van der Waals surface area contributed by atoms with E-state index in [1.165, 1.54) is 49.6 Å². The predicted octanol–water partition coefficient (Wildman–Crippen LogP) is 6.36. The quantitative estimate of drug-likeness (QED) is 0.293. The van der Waals surface area contributed by atoms with Gasteiger partial charge in [0.25, 0.3) is 5.91 Å². The number of carboxylic acids is 1. The number of nitrogens with zero attached hydrogens (tertiary/aromatic N) is 2. The summed E-state index contributed by atoms with van der Waals surface area (Å²) < 4.78 is 41.6. The first kappa shape index (κ1) is 26.4. The van der Waals surface area contributed by atoms with Crippen molar-refractivity contribution in [1.29, 1.82) is 0 Å². The van der Waals surface area contributed by atoms with E-state index in [0.717, 1.165) is 0 Å². The van der Waals surface area contributed by atoms with Gasteiger partial charge in [0.1, 0.15) is 6.04 Å². The summed E-state index contributed by atoms with van der Waals surface area (Å²) in [5.41, 5.74) is -0.392.